The van der Waals surface area contributed by atoms with Gasteiger partial charge in [0.05, 0.1) is 5.56 Å². The van der Waals surface area contributed by atoms with Crippen molar-refractivity contribution in [3.05, 3.63) is 28.2 Å². The van der Waals surface area contributed by atoms with Gasteiger partial charge in [0.2, 0.25) is 0 Å². The van der Waals surface area contributed by atoms with Gasteiger partial charge >= 0.3 is 5.97 Å². The number of carboxylic acids is 1. The lowest BCUT2D eigenvalue weighted by Crippen LogP contribution is -2.45. The molecule has 0 amide bonds. The van der Waals surface area contributed by atoms with Crippen LogP contribution in [0.15, 0.2) is 22.7 Å². The van der Waals surface area contributed by atoms with Crippen LogP contribution >= 0.6 is 15.9 Å². The number of carbonyl (C=O) groups is 1. The standard InChI is InChI=1S/C17H22BrNO2/c1-16(2)11-4-5-17(3,9-11)15(16)19-13-7-10(14(20)21)6-12(18)8-13/h6-8,11,15,19H,4-5,9H2,1-3H3,(H,20,21). The second kappa shape index (κ2) is 4.73. The average Bonchev–Trinajstić information content (AvgIpc) is 2.85. The van der Waals surface area contributed by atoms with E-state index in [0.29, 0.717) is 17.0 Å². The zero-order valence-electron chi connectivity index (χ0n) is 12.7. The lowest BCUT2D eigenvalue weighted by atomic mass is 9.68. The van der Waals surface area contributed by atoms with Crippen LogP contribution in [-0.4, -0.2) is 17.1 Å². The number of hydrogen-bond donors (Lipinski definition) is 2. The largest absolute Gasteiger partial charge is 0.478 e. The molecular weight excluding hydrogens is 330 g/mol. The molecule has 2 fully saturated rings. The van der Waals surface area contributed by atoms with E-state index in [1.165, 1.54) is 19.3 Å². The van der Waals surface area contributed by atoms with Crippen molar-refractivity contribution in [1.82, 2.24) is 0 Å². The fourth-order valence-electron chi connectivity index (χ4n) is 4.63. The average molecular weight is 352 g/mol. The van der Waals surface area contributed by atoms with Crippen LogP contribution in [0, 0.1) is 16.7 Å². The Morgan fingerprint density at radius 3 is 2.62 bits per heavy atom. The second-order valence-electron chi connectivity index (χ2n) is 7.53. The maximum Gasteiger partial charge on any atom is 0.335 e. The number of benzene rings is 1. The predicted molar refractivity (Wildman–Crippen MR) is 87.7 cm³/mol. The molecule has 21 heavy (non-hydrogen) atoms. The number of anilines is 1. The molecule has 3 rings (SSSR count). The molecule has 1 aromatic carbocycles. The Kier molecular flexibility index (Phi) is 3.36. The fraction of sp³-hybridized carbons (Fsp3) is 0.588. The summed E-state index contributed by atoms with van der Waals surface area (Å²) >= 11 is 3.41. The van der Waals surface area contributed by atoms with E-state index in [1.54, 1.807) is 12.1 Å². The van der Waals surface area contributed by atoms with Crippen molar-refractivity contribution in [3.8, 4) is 0 Å². The predicted octanol–water partition coefficient (Wildman–Crippen LogP) is 4.77. The summed E-state index contributed by atoms with van der Waals surface area (Å²) < 4.78 is 0.802. The monoisotopic (exact) mass is 351 g/mol. The third kappa shape index (κ3) is 2.37. The topological polar surface area (TPSA) is 49.3 Å². The van der Waals surface area contributed by atoms with Crippen LogP contribution in [-0.2, 0) is 0 Å². The van der Waals surface area contributed by atoms with E-state index < -0.39 is 5.97 Å². The van der Waals surface area contributed by atoms with Crippen molar-refractivity contribution >= 4 is 27.6 Å². The number of carboxylic acid groups (broad SMARTS) is 1. The molecule has 3 atom stereocenters. The highest BCUT2D eigenvalue weighted by Crippen LogP contribution is 2.63. The number of halogens is 1. The van der Waals surface area contributed by atoms with Crippen molar-refractivity contribution in [1.29, 1.82) is 0 Å². The third-order valence-corrected chi connectivity index (χ3v) is 6.18. The van der Waals surface area contributed by atoms with E-state index in [-0.39, 0.29) is 5.41 Å². The zero-order valence-corrected chi connectivity index (χ0v) is 14.3. The van der Waals surface area contributed by atoms with Crippen LogP contribution in [0.1, 0.15) is 50.4 Å². The van der Waals surface area contributed by atoms with Gasteiger partial charge in [0.25, 0.3) is 0 Å². The van der Waals surface area contributed by atoms with Crippen LogP contribution < -0.4 is 5.32 Å². The third-order valence-electron chi connectivity index (χ3n) is 5.73. The summed E-state index contributed by atoms with van der Waals surface area (Å²) in [6, 6.07) is 5.73. The molecule has 3 nitrogen and oxygen atoms in total. The van der Waals surface area contributed by atoms with E-state index in [9.17, 15) is 9.90 Å². The zero-order chi connectivity index (χ0) is 15.4. The van der Waals surface area contributed by atoms with Crippen molar-refractivity contribution in [3.63, 3.8) is 0 Å². The van der Waals surface area contributed by atoms with Gasteiger partial charge in [0, 0.05) is 16.2 Å². The van der Waals surface area contributed by atoms with E-state index >= 15 is 0 Å². The molecule has 2 aliphatic carbocycles. The molecule has 0 saturated heterocycles. The number of rotatable bonds is 3. The SMILES string of the molecule is CC12CCC(C1)C(C)(C)C2Nc1cc(Br)cc(C(=O)O)c1. The molecule has 0 aliphatic heterocycles. The van der Waals surface area contributed by atoms with E-state index in [4.69, 9.17) is 0 Å². The highest BCUT2D eigenvalue weighted by molar-refractivity contribution is 9.10. The summed E-state index contributed by atoms with van der Waals surface area (Å²) in [4.78, 5) is 11.2. The Morgan fingerprint density at radius 2 is 2.05 bits per heavy atom. The van der Waals surface area contributed by atoms with Crippen LogP contribution in [0.5, 0.6) is 0 Å². The van der Waals surface area contributed by atoms with Crippen molar-refractivity contribution in [2.24, 2.45) is 16.7 Å². The molecule has 0 aromatic heterocycles. The molecule has 2 aliphatic rings. The highest BCUT2D eigenvalue weighted by Gasteiger charge is 2.59. The smallest absolute Gasteiger partial charge is 0.335 e. The van der Waals surface area contributed by atoms with Gasteiger partial charge in [-0.15, -0.1) is 0 Å². The Labute approximate surface area is 134 Å². The van der Waals surface area contributed by atoms with Crippen LogP contribution in [0.4, 0.5) is 5.69 Å². The highest BCUT2D eigenvalue weighted by atomic mass is 79.9. The van der Waals surface area contributed by atoms with Gasteiger partial charge in [-0.1, -0.05) is 36.7 Å². The van der Waals surface area contributed by atoms with Gasteiger partial charge in [0.15, 0.2) is 0 Å². The first-order valence-corrected chi connectivity index (χ1v) is 8.32. The number of hydrogen-bond acceptors (Lipinski definition) is 2. The van der Waals surface area contributed by atoms with Crippen LogP contribution in [0.3, 0.4) is 0 Å². The molecule has 4 heteroatoms. The maximum absolute atomic E-state index is 11.2. The van der Waals surface area contributed by atoms with E-state index in [0.717, 1.165) is 16.1 Å². The molecule has 3 unspecified atom stereocenters. The number of fused-ring (bicyclic) bond motifs is 2. The minimum atomic E-state index is -0.891. The lowest BCUT2D eigenvalue weighted by Gasteiger charge is -2.43. The summed E-state index contributed by atoms with van der Waals surface area (Å²) in [5.74, 6) is -0.121. The van der Waals surface area contributed by atoms with E-state index in [1.807, 2.05) is 6.07 Å². The summed E-state index contributed by atoms with van der Waals surface area (Å²) in [5.41, 5.74) is 1.78. The lowest BCUT2D eigenvalue weighted by molar-refractivity contribution is 0.0697. The van der Waals surface area contributed by atoms with Crippen LogP contribution in [0.25, 0.3) is 0 Å². The first kappa shape index (κ1) is 14.9. The van der Waals surface area contributed by atoms with Gasteiger partial charge < -0.3 is 10.4 Å². The molecule has 2 saturated carbocycles. The van der Waals surface area contributed by atoms with Gasteiger partial charge in [-0.3, -0.25) is 0 Å². The van der Waals surface area contributed by atoms with Crippen molar-refractivity contribution in [2.75, 3.05) is 5.32 Å². The van der Waals surface area contributed by atoms with Crippen LogP contribution in [0.2, 0.25) is 0 Å². The summed E-state index contributed by atoms with van der Waals surface area (Å²) in [6.07, 6.45) is 3.86. The number of nitrogens with one attached hydrogen (secondary N) is 1. The fourth-order valence-corrected chi connectivity index (χ4v) is 5.12. The maximum atomic E-state index is 11.2. The molecule has 2 N–H and O–H groups in total. The molecular formula is C17H22BrNO2. The Morgan fingerprint density at radius 1 is 1.33 bits per heavy atom. The summed E-state index contributed by atoms with van der Waals surface area (Å²) in [6.45, 7) is 7.06. The molecule has 0 radical (unpaired) electrons. The normalized spacial score (nSPS) is 33.1. The molecule has 114 valence electrons. The minimum absolute atomic E-state index is 0.249. The summed E-state index contributed by atoms with van der Waals surface area (Å²) in [5, 5.41) is 12.9. The number of aromatic carboxylic acids is 1. The minimum Gasteiger partial charge on any atom is -0.478 e. The first-order chi connectivity index (χ1) is 9.72. The molecule has 2 bridgehead atoms. The Hall–Kier alpha value is -1.03. The molecule has 0 spiro atoms. The summed E-state index contributed by atoms with van der Waals surface area (Å²) in [7, 11) is 0. The van der Waals surface area contributed by atoms with Gasteiger partial charge in [-0.25, -0.2) is 4.79 Å². The van der Waals surface area contributed by atoms with Gasteiger partial charge in [-0.2, -0.15) is 0 Å². The van der Waals surface area contributed by atoms with Crippen molar-refractivity contribution in [2.45, 2.75) is 46.1 Å². The molecule has 1 aromatic rings. The van der Waals surface area contributed by atoms with Gasteiger partial charge in [-0.05, 0) is 54.2 Å². The second-order valence-corrected chi connectivity index (χ2v) is 8.44. The molecule has 0 heterocycles. The van der Waals surface area contributed by atoms with Gasteiger partial charge in [0.1, 0.15) is 0 Å². The van der Waals surface area contributed by atoms with E-state index in [2.05, 4.69) is 42.0 Å². The van der Waals surface area contributed by atoms with Crippen molar-refractivity contribution < 1.29 is 9.90 Å². The Bertz CT molecular complexity index is 594. The Balaban J connectivity index is 1.92. The first-order valence-electron chi connectivity index (χ1n) is 7.53. The quantitative estimate of drug-likeness (QED) is 0.824.